The molecule has 0 spiro atoms. The largest absolute Gasteiger partial charge is 0.359 e. The van der Waals surface area contributed by atoms with E-state index in [1.807, 2.05) is 60.8 Å². The summed E-state index contributed by atoms with van der Waals surface area (Å²) in [5.74, 6) is -0.0856. The van der Waals surface area contributed by atoms with Crippen molar-refractivity contribution < 1.29 is 4.79 Å². The summed E-state index contributed by atoms with van der Waals surface area (Å²) in [5.41, 5.74) is 6.75. The second kappa shape index (κ2) is 6.24. The minimum absolute atomic E-state index is 0.0856. The van der Waals surface area contributed by atoms with Crippen LogP contribution in [0.25, 0.3) is 33.4 Å². The molecule has 2 N–H and O–H groups in total. The van der Waals surface area contributed by atoms with E-state index in [9.17, 15) is 4.79 Å². The standard InChI is InChI=1S/C21H17N3O/c1-14(25)23-17-9-5-8-16(12-17)19-10-11-20-21(24-19)18(13-22-20)15-6-3-2-4-7-15/h2-13,22H,1H3,(H,23,25). The summed E-state index contributed by atoms with van der Waals surface area (Å²) in [6, 6.07) is 21.9. The van der Waals surface area contributed by atoms with Gasteiger partial charge in [-0.1, -0.05) is 42.5 Å². The maximum absolute atomic E-state index is 11.3. The van der Waals surface area contributed by atoms with Gasteiger partial charge in [0.05, 0.1) is 16.7 Å². The zero-order valence-corrected chi connectivity index (χ0v) is 13.8. The summed E-state index contributed by atoms with van der Waals surface area (Å²) in [7, 11) is 0. The lowest BCUT2D eigenvalue weighted by Crippen LogP contribution is -2.05. The third-order valence-corrected chi connectivity index (χ3v) is 4.09. The summed E-state index contributed by atoms with van der Waals surface area (Å²) in [6.45, 7) is 1.50. The fourth-order valence-electron chi connectivity index (χ4n) is 2.96. The Balaban J connectivity index is 1.80. The van der Waals surface area contributed by atoms with E-state index < -0.39 is 0 Å². The number of rotatable bonds is 3. The predicted molar refractivity (Wildman–Crippen MR) is 101 cm³/mol. The molecular formula is C21H17N3O. The number of carbonyl (C=O) groups excluding carboxylic acids is 1. The number of H-pyrrole nitrogens is 1. The highest BCUT2D eigenvalue weighted by Gasteiger charge is 2.09. The SMILES string of the molecule is CC(=O)Nc1cccc(-c2ccc3[nH]cc(-c4ccccc4)c3n2)c1. The Hall–Kier alpha value is -3.40. The molecule has 0 fully saturated rings. The second-order valence-corrected chi connectivity index (χ2v) is 5.92. The van der Waals surface area contributed by atoms with Crippen LogP contribution < -0.4 is 5.32 Å². The van der Waals surface area contributed by atoms with Gasteiger partial charge in [0.2, 0.25) is 5.91 Å². The number of pyridine rings is 1. The van der Waals surface area contributed by atoms with Crippen LogP contribution in [0.1, 0.15) is 6.92 Å². The zero-order valence-electron chi connectivity index (χ0n) is 13.8. The van der Waals surface area contributed by atoms with Gasteiger partial charge in [-0.25, -0.2) is 4.98 Å². The van der Waals surface area contributed by atoms with Gasteiger partial charge in [-0.05, 0) is 29.8 Å². The first-order chi connectivity index (χ1) is 12.2. The molecule has 122 valence electrons. The van der Waals surface area contributed by atoms with Crippen LogP contribution in [0.5, 0.6) is 0 Å². The van der Waals surface area contributed by atoms with Crippen LogP contribution in [0.15, 0.2) is 72.9 Å². The number of amides is 1. The Morgan fingerprint density at radius 3 is 2.56 bits per heavy atom. The average molecular weight is 327 g/mol. The third kappa shape index (κ3) is 3.02. The van der Waals surface area contributed by atoms with Gasteiger partial charge < -0.3 is 10.3 Å². The van der Waals surface area contributed by atoms with Crippen molar-refractivity contribution in [1.82, 2.24) is 9.97 Å². The van der Waals surface area contributed by atoms with E-state index in [1.54, 1.807) is 0 Å². The van der Waals surface area contributed by atoms with Crippen molar-refractivity contribution in [3.63, 3.8) is 0 Å². The highest BCUT2D eigenvalue weighted by atomic mass is 16.1. The highest BCUT2D eigenvalue weighted by molar-refractivity contribution is 5.94. The molecule has 4 rings (SSSR count). The van der Waals surface area contributed by atoms with E-state index in [-0.39, 0.29) is 5.91 Å². The maximum Gasteiger partial charge on any atom is 0.221 e. The number of aromatic amines is 1. The molecule has 0 saturated carbocycles. The Kier molecular flexibility index (Phi) is 3.78. The van der Waals surface area contributed by atoms with Gasteiger partial charge in [-0.3, -0.25) is 4.79 Å². The minimum atomic E-state index is -0.0856. The van der Waals surface area contributed by atoms with Crippen LogP contribution in [0, 0.1) is 0 Å². The molecule has 0 radical (unpaired) electrons. The Bertz CT molecular complexity index is 1050. The smallest absolute Gasteiger partial charge is 0.221 e. The molecule has 4 heteroatoms. The van der Waals surface area contributed by atoms with E-state index in [0.29, 0.717) is 0 Å². The number of benzene rings is 2. The van der Waals surface area contributed by atoms with E-state index in [4.69, 9.17) is 4.98 Å². The Morgan fingerprint density at radius 1 is 0.960 bits per heavy atom. The number of fused-ring (bicyclic) bond motifs is 1. The van der Waals surface area contributed by atoms with Crippen molar-refractivity contribution in [2.75, 3.05) is 5.32 Å². The van der Waals surface area contributed by atoms with Crippen LogP contribution in [0.2, 0.25) is 0 Å². The summed E-state index contributed by atoms with van der Waals surface area (Å²) < 4.78 is 0. The fourth-order valence-corrected chi connectivity index (χ4v) is 2.96. The number of aromatic nitrogens is 2. The topological polar surface area (TPSA) is 57.8 Å². The summed E-state index contributed by atoms with van der Waals surface area (Å²) in [4.78, 5) is 19.4. The molecule has 2 aromatic carbocycles. The molecule has 4 aromatic rings. The van der Waals surface area contributed by atoms with E-state index in [1.165, 1.54) is 6.92 Å². The van der Waals surface area contributed by atoms with E-state index in [0.717, 1.165) is 39.1 Å². The molecule has 0 aliphatic carbocycles. The molecule has 2 aromatic heterocycles. The van der Waals surface area contributed by atoms with Crippen LogP contribution in [0.3, 0.4) is 0 Å². The number of carbonyl (C=O) groups is 1. The summed E-state index contributed by atoms with van der Waals surface area (Å²) >= 11 is 0. The van der Waals surface area contributed by atoms with E-state index >= 15 is 0 Å². The molecule has 0 bridgehead atoms. The molecule has 25 heavy (non-hydrogen) atoms. The number of nitrogens with zero attached hydrogens (tertiary/aromatic N) is 1. The molecule has 4 nitrogen and oxygen atoms in total. The number of nitrogens with one attached hydrogen (secondary N) is 2. The summed E-state index contributed by atoms with van der Waals surface area (Å²) in [5, 5.41) is 2.81. The first-order valence-corrected chi connectivity index (χ1v) is 8.12. The normalized spacial score (nSPS) is 10.8. The molecule has 0 unspecified atom stereocenters. The molecule has 0 atom stereocenters. The van der Waals surface area contributed by atoms with Crippen LogP contribution in [-0.2, 0) is 4.79 Å². The van der Waals surface area contributed by atoms with Gasteiger partial charge in [-0.15, -0.1) is 0 Å². The van der Waals surface area contributed by atoms with Gasteiger partial charge in [0.1, 0.15) is 0 Å². The lowest BCUT2D eigenvalue weighted by molar-refractivity contribution is -0.114. The van der Waals surface area contributed by atoms with Gasteiger partial charge in [0.25, 0.3) is 0 Å². The Morgan fingerprint density at radius 2 is 1.76 bits per heavy atom. The molecule has 0 saturated heterocycles. The quantitative estimate of drug-likeness (QED) is 0.565. The van der Waals surface area contributed by atoms with Crippen molar-refractivity contribution in [2.24, 2.45) is 0 Å². The first-order valence-electron chi connectivity index (χ1n) is 8.12. The van der Waals surface area contributed by atoms with Crippen molar-refractivity contribution in [3.8, 4) is 22.4 Å². The van der Waals surface area contributed by atoms with Gasteiger partial charge in [0.15, 0.2) is 0 Å². The number of hydrogen-bond acceptors (Lipinski definition) is 2. The summed E-state index contributed by atoms with van der Waals surface area (Å²) in [6.07, 6.45) is 1.99. The predicted octanol–water partition coefficient (Wildman–Crippen LogP) is 4.86. The number of anilines is 1. The van der Waals surface area contributed by atoms with Crippen LogP contribution >= 0.6 is 0 Å². The van der Waals surface area contributed by atoms with Gasteiger partial charge in [0, 0.05) is 29.9 Å². The second-order valence-electron chi connectivity index (χ2n) is 5.92. The molecule has 2 heterocycles. The zero-order chi connectivity index (χ0) is 17.2. The number of hydrogen-bond donors (Lipinski definition) is 2. The lowest BCUT2D eigenvalue weighted by Gasteiger charge is -2.06. The molecule has 1 amide bonds. The van der Waals surface area contributed by atoms with Crippen molar-refractivity contribution in [1.29, 1.82) is 0 Å². The third-order valence-electron chi connectivity index (χ3n) is 4.09. The first kappa shape index (κ1) is 15.1. The molecule has 0 aliphatic rings. The Labute approximate surface area is 145 Å². The maximum atomic E-state index is 11.3. The monoisotopic (exact) mass is 327 g/mol. The van der Waals surface area contributed by atoms with Crippen molar-refractivity contribution >= 4 is 22.6 Å². The van der Waals surface area contributed by atoms with Gasteiger partial charge >= 0.3 is 0 Å². The fraction of sp³-hybridized carbons (Fsp3) is 0.0476. The molecule has 0 aliphatic heterocycles. The van der Waals surface area contributed by atoms with E-state index in [2.05, 4.69) is 22.4 Å². The van der Waals surface area contributed by atoms with Gasteiger partial charge in [-0.2, -0.15) is 0 Å². The van der Waals surface area contributed by atoms with Crippen molar-refractivity contribution in [2.45, 2.75) is 6.92 Å². The lowest BCUT2D eigenvalue weighted by atomic mass is 10.1. The van der Waals surface area contributed by atoms with Crippen LogP contribution in [0.4, 0.5) is 5.69 Å². The van der Waals surface area contributed by atoms with Crippen LogP contribution in [-0.4, -0.2) is 15.9 Å². The highest BCUT2D eigenvalue weighted by Crippen LogP contribution is 2.30. The van der Waals surface area contributed by atoms with Crippen molar-refractivity contribution in [3.05, 3.63) is 72.9 Å². The average Bonchev–Trinajstić information content (AvgIpc) is 3.05. The minimum Gasteiger partial charge on any atom is -0.359 e. The molecular weight excluding hydrogens is 310 g/mol.